The third-order valence-corrected chi connectivity index (χ3v) is 6.28. The molecule has 2 fully saturated rings. The zero-order valence-corrected chi connectivity index (χ0v) is 15.4. The number of carbonyl (C=O) groups excluding carboxylic acids is 2. The van der Waals surface area contributed by atoms with Crippen molar-refractivity contribution in [1.29, 1.82) is 0 Å². The summed E-state index contributed by atoms with van der Waals surface area (Å²) in [6, 6.07) is 4.75. The molecule has 0 radical (unpaired) electrons. The van der Waals surface area contributed by atoms with Gasteiger partial charge in [-0.15, -0.1) is 11.3 Å². The molecular weight excluding hydrogens is 322 g/mol. The molecule has 2 atom stereocenters. The van der Waals surface area contributed by atoms with Crippen LogP contribution in [0.25, 0.3) is 0 Å². The maximum atomic E-state index is 13.0. The van der Waals surface area contributed by atoms with Gasteiger partial charge in [-0.05, 0) is 50.9 Å². The monoisotopic (exact) mass is 349 g/mol. The summed E-state index contributed by atoms with van der Waals surface area (Å²) in [5, 5.41) is 2.79. The highest BCUT2D eigenvalue weighted by Gasteiger charge is 2.39. The lowest BCUT2D eigenvalue weighted by Crippen LogP contribution is -2.48. The Kier molecular flexibility index (Phi) is 5.56. The molecule has 0 spiro atoms. The molecule has 3 heterocycles. The minimum atomic E-state index is -0.0447. The molecule has 24 heavy (non-hydrogen) atoms. The Morgan fingerprint density at radius 3 is 2.71 bits per heavy atom. The van der Waals surface area contributed by atoms with Crippen molar-refractivity contribution >= 4 is 23.2 Å². The Labute approximate surface area is 148 Å². The van der Waals surface area contributed by atoms with E-state index in [0.29, 0.717) is 18.6 Å². The van der Waals surface area contributed by atoms with E-state index in [2.05, 4.69) is 22.0 Å². The third kappa shape index (κ3) is 3.64. The van der Waals surface area contributed by atoms with Gasteiger partial charge in [0.1, 0.15) is 0 Å². The van der Waals surface area contributed by atoms with E-state index < -0.39 is 0 Å². The van der Waals surface area contributed by atoms with Gasteiger partial charge in [0.15, 0.2) is 0 Å². The largest absolute Gasteiger partial charge is 0.351 e. The smallest absolute Gasteiger partial charge is 0.264 e. The van der Waals surface area contributed by atoms with E-state index in [0.717, 1.165) is 35.7 Å². The fourth-order valence-corrected chi connectivity index (χ4v) is 4.97. The minimum Gasteiger partial charge on any atom is -0.351 e. The highest BCUT2D eigenvalue weighted by Crippen LogP contribution is 2.31. The Bertz CT molecular complexity index is 601. The van der Waals surface area contributed by atoms with Crippen molar-refractivity contribution in [3.8, 4) is 0 Å². The summed E-state index contributed by atoms with van der Waals surface area (Å²) in [7, 11) is 0. The number of likely N-dealkylation sites (N-methyl/N-ethyl adjacent to an activating group) is 1. The van der Waals surface area contributed by atoms with E-state index in [1.807, 2.05) is 12.1 Å². The molecule has 5 nitrogen and oxygen atoms in total. The maximum absolute atomic E-state index is 13.0. The maximum Gasteiger partial charge on any atom is 0.264 e. The molecule has 0 aromatic carbocycles. The van der Waals surface area contributed by atoms with Crippen LogP contribution in [-0.2, 0) is 11.3 Å². The Balaban J connectivity index is 1.68. The second-order valence-corrected chi connectivity index (χ2v) is 7.89. The second-order valence-electron chi connectivity index (χ2n) is 6.72. The van der Waals surface area contributed by atoms with Crippen molar-refractivity contribution in [2.24, 2.45) is 0 Å². The number of amides is 2. The van der Waals surface area contributed by atoms with Crippen molar-refractivity contribution in [3.05, 3.63) is 21.9 Å². The van der Waals surface area contributed by atoms with Crippen LogP contribution in [0.1, 0.15) is 54.1 Å². The summed E-state index contributed by atoms with van der Waals surface area (Å²) in [4.78, 5) is 30.5. The summed E-state index contributed by atoms with van der Waals surface area (Å²) < 4.78 is 0. The normalized spacial score (nSPS) is 24.5. The zero-order valence-electron chi connectivity index (χ0n) is 14.6. The number of nitrogens with zero attached hydrogens (tertiary/aromatic N) is 2. The SMILES string of the molecule is CCN1CCC[C@@H]1[C@@H]1CCCN1C(=O)c1ccc(CNC(C)=O)s1. The first-order chi connectivity index (χ1) is 11.6. The minimum absolute atomic E-state index is 0.0447. The Hall–Kier alpha value is -1.40. The van der Waals surface area contributed by atoms with Gasteiger partial charge >= 0.3 is 0 Å². The highest BCUT2D eigenvalue weighted by atomic mass is 32.1. The summed E-state index contributed by atoms with van der Waals surface area (Å²) in [6.07, 6.45) is 4.68. The van der Waals surface area contributed by atoms with Crippen molar-refractivity contribution in [1.82, 2.24) is 15.1 Å². The molecule has 2 amide bonds. The van der Waals surface area contributed by atoms with E-state index >= 15 is 0 Å². The zero-order chi connectivity index (χ0) is 17.1. The first-order valence-corrected chi connectivity index (χ1v) is 9.80. The Morgan fingerprint density at radius 1 is 1.21 bits per heavy atom. The number of likely N-dealkylation sites (tertiary alicyclic amines) is 2. The van der Waals surface area contributed by atoms with Gasteiger partial charge in [0.2, 0.25) is 5.91 Å². The van der Waals surface area contributed by atoms with Gasteiger partial charge in [-0.3, -0.25) is 14.5 Å². The van der Waals surface area contributed by atoms with Gasteiger partial charge in [0, 0.05) is 30.4 Å². The number of hydrogen-bond acceptors (Lipinski definition) is 4. The second kappa shape index (κ2) is 7.66. The summed E-state index contributed by atoms with van der Waals surface area (Å²) in [5.74, 6) is 0.122. The lowest BCUT2D eigenvalue weighted by molar-refractivity contribution is -0.119. The molecule has 0 saturated carbocycles. The molecule has 1 aromatic heterocycles. The lowest BCUT2D eigenvalue weighted by atomic mass is 10.0. The van der Waals surface area contributed by atoms with Crippen LogP contribution >= 0.6 is 11.3 Å². The van der Waals surface area contributed by atoms with Crippen LogP contribution in [0, 0.1) is 0 Å². The van der Waals surface area contributed by atoms with E-state index in [-0.39, 0.29) is 11.8 Å². The van der Waals surface area contributed by atoms with Crippen LogP contribution in [0.4, 0.5) is 0 Å². The van der Waals surface area contributed by atoms with Crippen LogP contribution in [0.3, 0.4) is 0 Å². The first-order valence-electron chi connectivity index (χ1n) is 8.98. The molecule has 0 unspecified atom stereocenters. The first kappa shape index (κ1) is 17.4. The van der Waals surface area contributed by atoms with Crippen LogP contribution < -0.4 is 5.32 Å². The average molecular weight is 350 g/mol. The molecule has 132 valence electrons. The molecule has 1 N–H and O–H groups in total. The number of hydrogen-bond donors (Lipinski definition) is 1. The third-order valence-electron chi connectivity index (χ3n) is 5.21. The van der Waals surface area contributed by atoms with Crippen LogP contribution in [-0.4, -0.2) is 53.3 Å². The summed E-state index contributed by atoms with van der Waals surface area (Å²) in [6.45, 7) is 7.34. The summed E-state index contributed by atoms with van der Waals surface area (Å²) in [5.41, 5.74) is 0. The number of thiophene rings is 1. The quantitative estimate of drug-likeness (QED) is 0.888. The van der Waals surface area contributed by atoms with Gasteiger partial charge in [-0.1, -0.05) is 6.92 Å². The van der Waals surface area contributed by atoms with E-state index in [9.17, 15) is 9.59 Å². The molecular formula is C18H27N3O2S. The predicted octanol–water partition coefficient (Wildman–Crippen LogP) is 2.47. The van der Waals surface area contributed by atoms with Gasteiger partial charge in [-0.25, -0.2) is 0 Å². The van der Waals surface area contributed by atoms with Gasteiger partial charge in [0.25, 0.3) is 5.91 Å². The predicted molar refractivity (Wildman–Crippen MR) is 96.2 cm³/mol. The van der Waals surface area contributed by atoms with E-state index in [1.165, 1.54) is 37.6 Å². The van der Waals surface area contributed by atoms with Gasteiger partial charge in [0.05, 0.1) is 11.4 Å². The van der Waals surface area contributed by atoms with E-state index in [4.69, 9.17) is 0 Å². The molecule has 0 aliphatic carbocycles. The van der Waals surface area contributed by atoms with E-state index in [1.54, 1.807) is 0 Å². The molecule has 0 bridgehead atoms. The summed E-state index contributed by atoms with van der Waals surface area (Å²) >= 11 is 1.50. The van der Waals surface area contributed by atoms with Crippen LogP contribution in [0.5, 0.6) is 0 Å². The molecule has 2 aliphatic rings. The highest BCUT2D eigenvalue weighted by molar-refractivity contribution is 7.14. The molecule has 3 rings (SSSR count). The molecule has 1 aromatic rings. The van der Waals surface area contributed by atoms with Crippen LogP contribution in [0.15, 0.2) is 12.1 Å². The van der Waals surface area contributed by atoms with Crippen molar-refractivity contribution in [3.63, 3.8) is 0 Å². The fourth-order valence-electron chi connectivity index (χ4n) is 4.07. The molecule has 2 aliphatic heterocycles. The van der Waals surface area contributed by atoms with Crippen LogP contribution in [0.2, 0.25) is 0 Å². The van der Waals surface area contributed by atoms with Crippen molar-refractivity contribution in [2.75, 3.05) is 19.6 Å². The number of nitrogens with one attached hydrogen (secondary N) is 1. The number of rotatable bonds is 5. The standard InChI is InChI=1S/C18H27N3O2S/c1-3-20-10-4-6-15(20)16-7-5-11-21(16)18(23)17-9-8-14(24-17)12-19-13(2)22/h8-9,15-16H,3-7,10-12H2,1-2H3,(H,19,22)/t15-,16+/m1/s1. The topological polar surface area (TPSA) is 52.6 Å². The van der Waals surface area contributed by atoms with Crippen molar-refractivity contribution in [2.45, 2.75) is 58.2 Å². The lowest BCUT2D eigenvalue weighted by Gasteiger charge is -2.34. The average Bonchev–Trinajstić information content (AvgIpc) is 3.30. The fraction of sp³-hybridized carbons (Fsp3) is 0.667. The Morgan fingerprint density at radius 2 is 1.96 bits per heavy atom. The van der Waals surface area contributed by atoms with Crippen molar-refractivity contribution < 1.29 is 9.59 Å². The molecule has 2 saturated heterocycles. The van der Waals surface area contributed by atoms with Gasteiger partial charge in [-0.2, -0.15) is 0 Å². The number of carbonyl (C=O) groups is 2. The van der Waals surface area contributed by atoms with Gasteiger partial charge < -0.3 is 10.2 Å². The molecule has 6 heteroatoms.